The van der Waals surface area contributed by atoms with Crippen LogP contribution in [-0.2, 0) is 0 Å². The summed E-state index contributed by atoms with van der Waals surface area (Å²) in [5.74, 6) is 0. The van der Waals surface area contributed by atoms with Crippen LogP contribution in [0.4, 0.5) is 0 Å². The Bertz CT molecular complexity index is 2480. The molecule has 0 N–H and O–H groups in total. The summed E-state index contributed by atoms with van der Waals surface area (Å²) < 4.78 is 0. The van der Waals surface area contributed by atoms with Gasteiger partial charge in [-0.3, -0.25) is 0 Å². The monoisotopic (exact) mass is 556 g/mol. The van der Waals surface area contributed by atoms with E-state index in [2.05, 4.69) is 170 Å². The Balaban J connectivity index is 1.47. The van der Waals surface area contributed by atoms with Gasteiger partial charge in [-0.15, -0.1) is 0 Å². The summed E-state index contributed by atoms with van der Waals surface area (Å²) in [4.78, 5) is 0. The lowest BCUT2D eigenvalue weighted by Gasteiger charge is -2.22. The fraction of sp³-hybridized carbons (Fsp3) is 0. The van der Waals surface area contributed by atoms with Gasteiger partial charge < -0.3 is 0 Å². The first-order chi connectivity index (χ1) is 21.9. The van der Waals surface area contributed by atoms with Gasteiger partial charge in [0, 0.05) is 0 Å². The molecule has 0 nitrogen and oxygen atoms in total. The van der Waals surface area contributed by atoms with Crippen LogP contribution in [0.2, 0.25) is 0 Å². The molecule has 0 heteroatoms. The van der Waals surface area contributed by atoms with E-state index in [0.717, 1.165) is 0 Å². The van der Waals surface area contributed by atoms with E-state index in [1.807, 2.05) is 0 Å². The molecule has 9 rings (SSSR count). The van der Waals surface area contributed by atoms with Crippen molar-refractivity contribution in [2.24, 2.45) is 0 Å². The summed E-state index contributed by atoms with van der Waals surface area (Å²) in [6.45, 7) is 0. The number of rotatable bonds is 3. The predicted octanol–water partition coefficient (Wildman–Crippen LogP) is 12.5. The molecule has 204 valence electrons. The molecule has 0 aliphatic rings. The van der Waals surface area contributed by atoms with Gasteiger partial charge in [-0.25, -0.2) is 0 Å². The van der Waals surface area contributed by atoms with Crippen LogP contribution >= 0.6 is 0 Å². The minimum Gasteiger partial charge on any atom is -0.0622 e. The average Bonchev–Trinajstić information content (AvgIpc) is 3.10. The van der Waals surface area contributed by atoms with Crippen molar-refractivity contribution >= 4 is 53.9 Å². The van der Waals surface area contributed by atoms with Crippen LogP contribution < -0.4 is 0 Å². The van der Waals surface area contributed by atoms with Crippen molar-refractivity contribution in [1.29, 1.82) is 0 Å². The minimum atomic E-state index is 1.23. The Labute approximate surface area is 256 Å². The van der Waals surface area contributed by atoms with Crippen LogP contribution in [0.1, 0.15) is 0 Å². The maximum absolute atomic E-state index is 2.32. The molecule has 0 bridgehead atoms. The van der Waals surface area contributed by atoms with Crippen LogP contribution in [0.15, 0.2) is 170 Å². The molecule has 0 radical (unpaired) electrons. The van der Waals surface area contributed by atoms with E-state index < -0.39 is 0 Å². The zero-order valence-electron chi connectivity index (χ0n) is 24.2. The van der Waals surface area contributed by atoms with Gasteiger partial charge in [0.15, 0.2) is 0 Å². The van der Waals surface area contributed by atoms with E-state index in [4.69, 9.17) is 0 Å². The van der Waals surface area contributed by atoms with E-state index in [9.17, 15) is 0 Å². The molecule has 9 aromatic rings. The van der Waals surface area contributed by atoms with E-state index in [0.29, 0.717) is 0 Å². The molecule has 0 unspecified atom stereocenters. The highest BCUT2D eigenvalue weighted by Crippen LogP contribution is 2.49. The average molecular weight is 557 g/mol. The highest BCUT2D eigenvalue weighted by atomic mass is 14.2. The fourth-order valence-corrected chi connectivity index (χ4v) is 7.35. The first-order valence-electron chi connectivity index (χ1n) is 15.3. The summed E-state index contributed by atoms with van der Waals surface area (Å²) in [5.41, 5.74) is 7.63. The summed E-state index contributed by atoms with van der Waals surface area (Å²) in [6, 6.07) is 62.3. The summed E-state index contributed by atoms with van der Waals surface area (Å²) >= 11 is 0. The van der Waals surface area contributed by atoms with Crippen molar-refractivity contribution in [3.05, 3.63) is 170 Å². The van der Waals surface area contributed by atoms with Crippen molar-refractivity contribution in [3.63, 3.8) is 0 Å². The normalized spacial score (nSPS) is 11.6. The molecule has 0 aliphatic heterocycles. The predicted molar refractivity (Wildman–Crippen MR) is 190 cm³/mol. The lowest BCUT2D eigenvalue weighted by atomic mass is 9.81. The molecule has 0 aliphatic carbocycles. The maximum atomic E-state index is 2.32. The summed E-state index contributed by atoms with van der Waals surface area (Å²) in [6.07, 6.45) is 0. The molecule has 0 aromatic heterocycles. The van der Waals surface area contributed by atoms with E-state index in [1.54, 1.807) is 0 Å². The fourth-order valence-electron chi connectivity index (χ4n) is 7.35. The number of hydrogen-bond acceptors (Lipinski definition) is 0. The molecular formula is C44H28. The van der Waals surface area contributed by atoms with Crippen LogP contribution in [0.5, 0.6) is 0 Å². The minimum absolute atomic E-state index is 1.23. The molecular weight excluding hydrogens is 528 g/mol. The topological polar surface area (TPSA) is 0 Å². The second-order valence-corrected chi connectivity index (χ2v) is 11.6. The third kappa shape index (κ3) is 3.71. The van der Waals surface area contributed by atoms with Crippen LogP contribution in [0, 0.1) is 0 Å². The van der Waals surface area contributed by atoms with Gasteiger partial charge in [0.25, 0.3) is 0 Å². The zero-order valence-corrected chi connectivity index (χ0v) is 24.2. The standard InChI is InChI=1S/C44H28/c1-2-13-29(14-3-1)34-27-25-31-16-5-7-18-33(31)43(34)44-40-21-10-8-19-38(40)42(39-20-9-11-22-41(39)44)37-24-12-23-35-32-17-6-4-15-30(32)26-28-36(35)37/h1-28H. The quantitative estimate of drug-likeness (QED) is 0.150. The van der Waals surface area contributed by atoms with Crippen molar-refractivity contribution in [2.45, 2.75) is 0 Å². The largest absolute Gasteiger partial charge is 0.0622 e. The maximum Gasteiger partial charge on any atom is -0.00139 e. The van der Waals surface area contributed by atoms with E-state index in [-0.39, 0.29) is 0 Å². The summed E-state index contributed by atoms with van der Waals surface area (Å²) in [5, 5.41) is 12.7. The highest BCUT2D eigenvalue weighted by Gasteiger charge is 2.21. The molecule has 44 heavy (non-hydrogen) atoms. The van der Waals surface area contributed by atoms with Gasteiger partial charge in [0.1, 0.15) is 0 Å². The molecule has 0 saturated carbocycles. The third-order valence-electron chi connectivity index (χ3n) is 9.25. The van der Waals surface area contributed by atoms with Gasteiger partial charge in [0.2, 0.25) is 0 Å². The SMILES string of the molecule is c1ccc(-c2ccc3ccccc3c2-c2c3ccccc3c(-c3cccc4c3ccc3ccccc34)c3ccccc23)cc1. The Morgan fingerprint density at radius 1 is 0.205 bits per heavy atom. The number of hydrogen-bond donors (Lipinski definition) is 0. The molecule has 0 amide bonds. The van der Waals surface area contributed by atoms with Crippen LogP contribution in [0.25, 0.3) is 87.2 Å². The Morgan fingerprint density at radius 2 is 0.705 bits per heavy atom. The Morgan fingerprint density at radius 3 is 1.39 bits per heavy atom. The molecule has 9 aromatic carbocycles. The van der Waals surface area contributed by atoms with Crippen molar-refractivity contribution < 1.29 is 0 Å². The molecule has 0 saturated heterocycles. The summed E-state index contributed by atoms with van der Waals surface area (Å²) in [7, 11) is 0. The number of fused-ring (bicyclic) bond motifs is 6. The Kier molecular flexibility index (Phi) is 5.61. The van der Waals surface area contributed by atoms with Gasteiger partial charge >= 0.3 is 0 Å². The van der Waals surface area contributed by atoms with Crippen molar-refractivity contribution in [1.82, 2.24) is 0 Å². The van der Waals surface area contributed by atoms with Gasteiger partial charge in [0.05, 0.1) is 0 Å². The van der Waals surface area contributed by atoms with Crippen LogP contribution in [-0.4, -0.2) is 0 Å². The number of benzene rings is 9. The van der Waals surface area contributed by atoms with Gasteiger partial charge in [-0.05, 0) is 87.2 Å². The van der Waals surface area contributed by atoms with Gasteiger partial charge in [-0.1, -0.05) is 170 Å². The van der Waals surface area contributed by atoms with E-state index in [1.165, 1.54) is 87.2 Å². The molecule has 0 spiro atoms. The smallest absolute Gasteiger partial charge is 0.00139 e. The highest BCUT2D eigenvalue weighted by molar-refractivity contribution is 6.27. The zero-order chi connectivity index (χ0) is 29.0. The van der Waals surface area contributed by atoms with Crippen molar-refractivity contribution in [3.8, 4) is 33.4 Å². The second-order valence-electron chi connectivity index (χ2n) is 11.6. The van der Waals surface area contributed by atoms with Crippen LogP contribution in [0.3, 0.4) is 0 Å². The first-order valence-corrected chi connectivity index (χ1v) is 15.3. The Hall–Kier alpha value is -5.72. The lowest BCUT2D eigenvalue weighted by molar-refractivity contribution is 1.63. The third-order valence-corrected chi connectivity index (χ3v) is 9.25. The molecule has 0 atom stereocenters. The first kappa shape index (κ1) is 24.8. The second kappa shape index (κ2) is 9.93. The van der Waals surface area contributed by atoms with Gasteiger partial charge in [-0.2, -0.15) is 0 Å². The molecule has 0 fully saturated rings. The molecule has 0 heterocycles. The van der Waals surface area contributed by atoms with Crippen molar-refractivity contribution in [2.75, 3.05) is 0 Å². The lowest BCUT2D eigenvalue weighted by Crippen LogP contribution is -1.94. The van der Waals surface area contributed by atoms with E-state index >= 15 is 0 Å².